The number of halogens is 2. The molecular formula is C46H49Cl2N6O9PS. The van der Waals surface area contributed by atoms with E-state index in [2.05, 4.69) is 9.97 Å². The molecule has 3 amide bonds. The van der Waals surface area contributed by atoms with E-state index >= 15 is 4.79 Å². The zero-order valence-electron chi connectivity index (χ0n) is 36.5. The number of likely N-dealkylation sites (N-methyl/N-ethyl adjacent to an activating group) is 2. The van der Waals surface area contributed by atoms with Crippen LogP contribution in [0.2, 0.25) is 0 Å². The average molecular weight is 964 g/mol. The van der Waals surface area contributed by atoms with Gasteiger partial charge in [-0.1, -0.05) is 29.8 Å². The number of phosphoric acid groups is 1. The number of thiocarbonyl (C=S) groups is 1. The molecule has 5 unspecified atom stereocenters. The van der Waals surface area contributed by atoms with Crippen LogP contribution in [-0.4, -0.2) is 105 Å². The third kappa shape index (κ3) is 6.68. The van der Waals surface area contributed by atoms with Crippen molar-refractivity contribution in [1.29, 1.82) is 0 Å². The molecule has 5 aromatic rings. The Morgan fingerprint density at radius 1 is 0.815 bits per heavy atom. The summed E-state index contributed by atoms with van der Waals surface area (Å²) in [7, 11) is -1.48. The van der Waals surface area contributed by atoms with Crippen molar-refractivity contribution in [2.45, 2.75) is 58.5 Å². The van der Waals surface area contributed by atoms with Crippen molar-refractivity contribution >= 4 is 99.5 Å². The summed E-state index contributed by atoms with van der Waals surface area (Å²) in [6, 6.07) is 11.2. The van der Waals surface area contributed by atoms with E-state index in [0.717, 1.165) is 49.7 Å². The van der Waals surface area contributed by atoms with Crippen LogP contribution in [0.1, 0.15) is 64.5 Å². The van der Waals surface area contributed by atoms with Gasteiger partial charge in [0.2, 0.25) is 11.8 Å². The highest BCUT2D eigenvalue weighted by molar-refractivity contribution is 7.80. The molecule has 3 fully saturated rings. The summed E-state index contributed by atoms with van der Waals surface area (Å²) < 4.78 is 29.1. The van der Waals surface area contributed by atoms with Crippen LogP contribution in [0.15, 0.2) is 48.8 Å². The molecule has 4 heterocycles. The number of aryl methyl sites for hydroxylation is 3. The van der Waals surface area contributed by atoms with E-state index in [-0.39, 0.29) is 52.9 Å². The minimum absolute atomic E-state index is 0.0368. The number of nitrogens with one attached hydrogen (secondary N) is 2. The monoisotopic (exact) mass is 962 g/mol. The molecule has 19 heteroatoms. The van der Waals surface area contributed by atoms with Gasteiger partial charge in [0.25, 0.3) is 5.17 Å². The van der Waals surface area contributed by atoms with E-state index in [0.29, 0.717) is 68.1 Å². The Labute approximate surface area is 390 Å². The van der Waals surface area contributed by atoms with Gasteiger partial charge in [0.15, 0.2) is 11.5 Å². The number of H-pyrrole nitrogens is 2. The molecule has 2 aromatic heterocycles. The number of nitrogens with zero attached hydrogens (tertiary/aromatic N) is 4. The Morgan fingerprint density at radius 2 is 1.32 bits per heavy atom. The molecule has 3 aliphatic carbocycles. The summed E-state index contributed by atoms with van der Waals surface area (Å²) in [5, 5.41) is 1.82. The van der Waals surface area contributed by atoms with Crippen molar-refractivity contribution in [2.75, 3.05) is 61.8 Å². The van der Waals surface area contributed by atoms with E-state index in [4.69, 9.17) is 49.4 Å². The molecule has 65 heavy (non-hydrogen) atoms. The summed E-state index contributed by atoms with van der Waals surface area (Å²) in [6.07, 6.45) is 4.73. The van der Waals surface area contributed by atoms with Crippen LogP contribution in [-0.2, 0) is 25.5 Å². The van der Waals surface area contributed by atoms with Crippen LogP contribution in [0.4, 0.5) is 16.2 Å². The lowest BCUT2D eigenvalue weighted by molar-refractivity contribution is -0.134. The van der Waals surface area contributed by atoms with Crippen molar-refractivity contribution in [1.82, 2.24) is 19.8 Å². The van der Waals surface area contributed by atoms with Crippen molar-refractivity contribution in [3.8, 4) is 11.5 Å². The molecule has 3 saturated carbocycles. The number of benzene rings is 3. The predicted molar refractivity (Wildman–Crippen MR) is 251 cm³/mol. The molecule has 0 bridgehead atoms. The number of alkyl halides is 2. The second-order valence-corrected chi connectivity index (χ2v) is 20.8. The van der Waals surface area contributed by atoms with Crippen molar-refractivity contribution in [3.63, 3.8) is 0 Å². The van der Waals surface area contributed by atoms with Crippen molar-refractivity contribution < 1.29 is 42.7 Å². The summed E-state index contributed by atoms with van der Waals surface area (Å²) in [5.41, 5.74) is 6.08. The standard InChI is InChI=1S/C46H49Cl2N6O9PS/c1-24-6-8-27(9-7-24)20-61-42(57)51(4)10-11-52(5)43(65)62-32-12-30-36(34-25(2)16-49-38(32)34)28(14-47)18-53(30)40(55)44-21-45(23-46(44,45)22-44)41(56)54-19-29(15-48)37-31(54)13-33(63-64(58,59)60)39-35(37)26(3)17-50-39/h6-9,12-13,16-17,28-29,49-50H,10-11,14-15,18-23H2,1-5H3,(H2,58,59,60). The molecule has 4 N–H and O–H groups in total. The van der Waals surface area contributed by atoms with Gasteiger partial charge in [-0.15, -0.1) is 23.2 Å². The topological polar surface area (TPSA) is 181 Å². The van der Waals surface area contributed by atoms with Gasteiger partial charge >= 0.3 is 13.9 Å². The molecule has 1 spiro atoms. The van der Waals surface area contributed by atoms with Crippen LogP contribution < -0.4 is 19.1 Å². The minimum atomic E-state index is -4.94. The molecule has 3 aromatic carbocycles. The third-order valence-electron chi connectivity index (χ3n) is 14.8. The zero-order valence-corrected chi connectivity index (χ0v) is 39.7. The van der Waals surface area contributed by atoms with Gasteiger partial charge in [-0.3, -0.25) is 19.4 Å². The molecule has 5 atom stereocenters. The van der Waals surface area contributed by atoms with Crippen molar-refractivity contribution in [2.24, 2.45) is 16.2 Å². The Morgan fingerprint density at radius 3 is 1.83 bits per heavy atom. The number of phosphoric ester groups is 1. The predicted octanol–water partition coefficient (Wildman–Crippen LogP) is 8.12. The maximum absolute atomic E-state index is 15.0. The summed E-state index contributed by atoms with van der Waals surface area (Å²) in [6.45, 7) is 7.41. The first-order valence-electron chi connectivity index (χ1n) is 21.5. The molecule has 2 aliphatic heterocycles. The lowest BCUT2D eigenvalue weighted by atomic mass is 9.72. The van der Waals surface area contributed by atoms with Gasteiger partial charge < -0.3 is 43.6 Å². The van der Waals surface area contributed by atoms with Gasteiger partial charge in [0.05, 0.1) is 33.2 Å². The van der Waals surface area contributed by atoms with Crippen LogP contribution in [0.5, 0.6) is 11.5 Å². The molecule has 342 valence electrons. The lowest BCUT2D eigenvalue weighted by Crippen LogP contribution is -2.49. The van der Waals surface area contributed by atoms with E-state index in [1.165, 1.54) is 11.0 Å². The number of hydrogen-bond acceptors (Lipinski definition) is 8. The van der Waals surface area contributed by atoms with E-state index in [1.807, 2.05) is 62.2 Å². The molecule has 5 aliphatic rings. The first-order chi connectivity index (χ1) is 30.9. The maximum Gasteiger partial charge on any atom is 0.524 e. The number of rotatable bonds is 12. The first kappa shape index (κ1) is 44.0. The molecular weight excluding hydrogens is 914 g/mol. The number of fused-ring (bicyclic) bond motifs is 6. The number of anilines is 2. The summed E-state index contributed by atoms with van der Waals surface area (Å²) in [4.78, 5) is 75.4. The molecule has 10 rings (SSSR count). The van der Waals surface area contributed by atoms with E-state index < -0.39 is 30.2 Å². The van der Waals surface area contributed by atoms with Crippen LogP contribution in [0.3, 0.4) is 0 Å². The van der Waals surface area contributed by atoms with Gasteiger partial charge in [0.1, 0.15) is 6.61 Å². The van der Waals surface area contributed by atoms with Gasteiger partial charge in [-0.05, 0) is 80.1 Å². The number of carbonyl (C=O) groups is 3. The number of ether oxygens (including phenoxy) is 2. The highest BCUT2D eigenvalue weighted by Gasteiger charge is 3.01. The molecule has 0 radical (unpaired) electrons. The zero-order chi connectivity index (χ0) is 46.1. The average Bonchev–Trinajstić information content (AvgIpc) is 3.64. The fourth-order valence-corrected chi connectivity index (χ4v) is 12.5. The quantitative estimate of drug-likeness (QED) is 0.0539. The van der Waals surface area contributed by atoms with Crippen LogP contribution >= 0.6 is 43.2 Å². The van der Waals surface area contributed by atoms with Gasteiger partial charge in [-0.25, -0.2) is 9.36 Å². The van der Waals surface area contributed by atoms with Crippen LogP contribution in [0.25, 0.3) is 21.8 Å². The SMILES string of the molecule is Cc1ccc(COC(=O)N(C)CCN(C)C(=S)Oc2cc3c(c4c(C)c[nH]c24)C(CCl)CN3C(=O)C23CC4(C(=O)N5CC(CCl)c6c5cc(OP(=O)(O)O)c5[nH]cc(C)c65)CC24C3)cc1. The Balaban J connectivity index is 0.867. The van der Waals surface area contributed by atoms with Gasteiger partial charge in [0, 0.05) is 105 Å². The largest absolute Gasteiger partial charge is 0.524 e. The number of amides is 3. The summed E-state index contributed by atoms with van der Waals surface area (Å²) in [5.74, 6) is 0.402. The highest BCUT2D eigenvalue weighted by Crippen LogP contribution is 3.01. The number of aromatic amines is 2. The number of carbonyl (C=O) groups excluding carboxylic acids is 3. The fraction of sp³-hybridized carbons (Fsp3) is 0.435. The first-order valence-corrected chi connectivity index (χ1v) is 24.5. The van der Waals surface area contributed by atoms with Crippen LogP contribution in [0, 0.1) is 37.0 Å². The minimum Gasteiger partial charge on any atom is -0.445 e. The Bertz CT molecular complexity index is 2920. The van der Waals surface area contributed by atoms with Gasteiger partial charge in [-0.2, -0.15) is 0 Å². The summed E-state index contributed by atoms with van der Waals surface area (Å²) >= 11 is 19.0. The fourth-order valence-electron chi connectivity index (χ4n) is 11.4. The van der Waals surface area contributed by atoms with Crippen molar-refractivity contribution in [3.05, 3.63) is 82.2 Å². The normalized spacial score (nSPS) is 24.5. The smallest absolute Gasteiger partial charge is 0.445 e. The number of aromatic nitrogens is 2. The second kappa shape index (κ2) is 15.4. The molecule has 0 saturated heterocycles. The third-order valence-corrected chi connectivity index (χ3v) is 16.4. The Hall–Kier alpha value is -4.83. The lowest BCUT2D eigenvalue weighted by Gasteiger charge is -2.37. The Kier molecular flexibility index (Phi) is 10.4. The maximum atomic E-state index is 15.0. The van der Waals surface area contributed by atoms with E-state index in [1.54, 1.807) is 30.1 Å². The molecule has 15 nitrogen and oxygen atoms in total. The highest BCUT2D eigenvalue weighted by atomic mass is 35.5. The number of hydrogen-bond donors (Lipinski definition) is 4. The second-order valence-electron chi connectivity index (χ2n) is 18.7. The van der Waals surface area contributed by atoms with E-state index in [9.17, 15) is 23.9 Å².